The van der Waals surface area contributed by atoms with Crippen LogP contribution >= 0.6 is 0 Å². The second-order valence-electron chi connectivity index (χ2n) is 4.28. The first-order chi connectivity index (χ1) is 8.78. The average Bonchev–Trinajstić information content (AvgIpc) is 2.76. The number of aliphatic hydroxyl groups is 1. The third-order valence-corrected chi connectivity index (χ3v) is 2.72. The summed E-state index contributed by atoms with van der Waals surface area (Å²) in [7, 11) is 0. The minimum atomic E-state index is 0.151. The Balaban J connectivity index is 1.99. The van der Waals surface area contributed by atoms with Crippen molar-refractivity contribution in [2.24, 2.45) is 0 Å². The number of nitrogens with zero attached hydrogens (tertiary/aromatic N) is 3. The number of hydrogen-bond donors (Lipinski definition) is 2. The minimum absolute atomic E-state index is 0.151. The van der Waals surface area contributed by atoms with Gasteiger partial charge in [-0.15, -0.1) is 0 Å². The van der Waals surface area contributed by atoms with Gasteiger partial charge in [0.1, 0.15) is 5.82 Å². The average molecular weight is 246 g/mol. The summed E-state index contributed by atoms with van der Waals surface area (Å²) in [5.74, 6) is 0.915. The van der Waals surface area contributed by atoms with Crippen LogP contribution in [-0.2, 0) is 13.1 Å². The largest absolute Gasteiger partial charge is 0.395 e. The molecule has 0 fully saturated rings. The molecule has 0 aromatic carbocycles. The van der Waals surface area contributed by atoms with Crippen LogP contribution in [0.25, 0.3) is 0 Å². The maximum absolute atomic E-state index is 9.12. The maximum atomic E-state index is 9.12. The molecule has 5 nitrogen and oxygen atoms in total. The monoisotopic (exact) mass is 246 g/mol. The van der Waals surface area contributed by atoms with Crippen molar-refractivity contribution in [1.82, 2.24) is 19.9 Å². The third kappa shape index (κ3) is 3.65. The Labute approximate surface area is 107 Å². The molecule has 2 aromatic rings. The predicted molar refractivity (Wildman–Crippen MR) is 68.8 cm³/mol. The number of aromatic nitrogens is 3. The van der Waals surface area contributed by atoms with Gasteiger partial charge < -0.3 is 10.1 Å². The fourth-order valence-electron chi connectivity index (χ4n) is 1.89. The summed E-state index contributed by atoms with van der Waals surface area (Å²) in [6, 6.07) is 3.98. The zero-order chi connectivity index (χ0) is 12.8. The number of aromatic amines is 1. The maximum Gasteiger partial charge on any atom is 0.103 e. The molecule has 0 aliphatic rings. The van der Waals surface area contributed by atoms with Gasteiger partial charge in [0.15, 0.2) is 0 Å². The summed E-state index contributed by atoms with van der Waals surface area (Å²) in [4.78, 5) is 13.6. The van der Waals surface area contributed by atoms with Crippen LogP contribution in [0.15, 0.2) is 30.7 Å². The van der Waals surface area contributed by atoms with E-state index in [1.54, 1.807) is 12.4 Å². The van der Waals surface area contributed by atoms with Gasteiger partial charge in [-0.25, -0.2) is 4.98 Å². The van der Waals surface area contributed by atoms with E-state index in [-0.39, 0.29) is 6.61 Å². The van der Waals surface area contributed by atoms with Gasteiger partial charge in [-0.1, -0.05) is 0 Å². The number of pyridine rings is 1. The number of hydrogen-bond acceptors (Lipinski definition) is 4. The highest BCUT2D eigenvalue weighted by Gasteiger charge is 2.08. The Hall–Kier alpha value is -1.72. The lowest BCUT2D eigenvalue weighted by Gasteiger charge is -2.20. The van der Waals surface area contributed by atoms with Crippen LogP contribution in [0.1, 0.15) is 17.1 Å². The molecule has 0 saturated carbocycles. The first-order valence-electron chi connectivity index (χ1n) is 6.00. The normalized spacial score (nSPS) is 11.1. The van der Waals surface area contributed by atoms with Crippen LogP contribution in [0, 0.1) is 6.92 Å². The summed E-state index contributed by atoms with van der Waals surface area (Å²) in [6.45, 7) is 4.27. The van der Waals surface area contributed by atoms with Crippen molar-refractivity contribution >= 4 is 0 Å². The van der Waals surface area contributed by atoms with Crippen molar-refractivity contribution in [3.05, 3.63) is 47.8 Å². The second kappa shape index (κ2) is 6.28. The van der Waals surface area contributed by atoms with Crippen molar-refractivity contribution in [2.75, 3.05) is 13.2 Å². The highest BCUT2D eigenvalue weighted by atomic mass is 16.3. The third-order valence-electron chi connectivity index (χ3n) is 2.72. The van der Waals surface area contributed by atoms with E-state index in [9.17, 15) is 0 Å². The summed E-state index contributed by atoms with van der Waals surface area (Å²) in [5, 5.41) is 9.12. The van der Waals surface area contributed by atoms with E-state index >= 15 is 0 Å². The van der Waals surface area contributed by atoms with Crippen molar-refractivity contribution in [3.63, 3.8) is 0 Å². The van der Waals surface area contributed by atoms with Crippen molar-refractivity contribution < 1.29 is 5.11 Å². The Morgan fingerprint density at radius 2 is 2.06 bits per heavy atom. The molecule has 2 aromatic heterocycles. The molecular weight excluding hydrogens is 228 g/mol. The number of nitrogens with one attached hydrogen (secondary N) is 1. The molecule has 0 spiro atoms. The fourth-order valence-corrected chi connectivity index (χ4v) is 1.89. The van der Waals surface area contributed by atoms with Gasteiger partial charge in [-0.2, -0.15) is 0 Å². The van der Waals surface area contributed by atoms with Crippen LogP contribution in [0.3, 0.4) is 0 Å². The number of aryl methyl sites for hydroxylation is 1. The summed E-state index contributed by atoms with van der Waals surface area (Å²) in [6.07, 6.45) is 5.41. The highest BCUT2D eigenvalue weighted by molar-refractivity contribution is 5.10. The zero-order valence-corrected chi connectivity index (χ0v) is 10.5. The van der Waals surface area contributed by atoms with E-state index in [0.717, 1.165) is 24.6 Å². The number of H-pyrrole nitrogens is 1. The van der Waals surface area contributed by atoms with E-state index in [2.05, 4.69) is 19.9 Å². The van der Waals surface area contributed by atoms with E-state index in [0.29, 0.717) is 6.54 Å². The van der Waals surface area contributed by atoms with Crippen LogP contribution < -0.4 is 0 Å². The van der Waals surface area contributed by atoms with E-state index < -0.39 is 0 Å². The quantitative estimate of drug-likeness (QED) is 0.801. The second-order valence-corrected chi connectivity index (χ2v) is 4.28. The van der Waals surface area contributed by atoms with Gasteiger partial charge in [-0.05, 0) is 24.6 Å². The first kappa shape index (κ1) is 12.7. The molecule has 2 N–H and O–H groups in total. The van der Waals surface area contributed by atoms with Crippen molar-refractivity contribution in [2.45, 2.75) is 20.0 Å². The Bertz CT molecular complexity index is 469. The van der Waals surface area contributed by atoms with E-state index in [1.807, 2.05) is 25.3 Å². The van der Waals surface area contributed by atoms with Crippen LogP contribution in [0.4, 0.5) is 0 Å². The smallest absolute Gasteiger partial charge is 0.103 e. The molecule has 0 amide bonds. The molecule has 0 bridgehead atoms. The standard InChI is InChI=1S/C13H18N4O/c1-11-15-8-13(16-11)10-17(6-7-18)9-12-2-4-14-5-3-12/h2-5,8,18H,6-7,9-10H2,1H3,(H,15,16). The number of rotatable bonds is 6. The van der Waals surface area contributed by atoms with E-state index in [1.165, 1.54) is 5.56 Å². The number of imidazole rings is 1. The molecule has 18 heavy (non-hydrogen) atoms. The molecule has 0 radical (unpaired) electrons. The summed E-state index contributed by atoms with van der Waals surface area (Å²) < 4.78 is 0. The molecule has 0 saturated heterocycles. The van der Waals surface area contributed by atoms with E-state index in [4.69, 9.17) is 5.11 Å². The van der Waals surface area contributed by atoms with Gasteiger partial charge in [0.2, 0.25) is 0 Å². The van der Waals surface area contributed by atoms with Gasteiger partial charge in [0.05, 0.1) is 6.61 Å². The lowest BCUT2D eigenvalue weighted by atomic mass is 10.2. The number of aliphatic hydroxyl groups excluding tert-OH is 1. The van der Waals surface area contributed by atoms with Crippen LogP contribution in [0.5, 0.6) is 0 Å². The zero-order valence-electron chi connectivity index (χ0n) is 10.5. The lowest BCUT2D eigenvalue weighted by molar-refractivity contribution is 0.183. The predicted octanol–water partition coefficient (Wildman–Crippen LogP) is 1.11. The summed E-state index contributed by atoms with van der Waals surface area (Å²) >= 11 is 0. The topological polar surface area (TPSA) is 65.0 Å². The molecule has 96 valence electrons. The van der Waals surface area contributed by atoms with Gasteiger partial charge in [0, 0.05) is 43.9 Å². The van der Waals surface area contributed by atoms with Gasteiger partial charge in [-0.3, -0.25) is 9.88 Å². The molecule has 5 heteroatoms. The molecule has 0 aliphatic heterocycles. The minimum Gasteiger partial charge on any atom is -0.395 e. The first-order valence-corrected chi connectivity index (χ1v) is 6.00. The molecule has 0 unspecified atom stereocenters. The molecular formula is C13H18N4O. The molecule has 2 rings (SSSR count). The van der Waals surface area contributed by atoms with Gasteiger partial charge in [0.25, 0.3) is 0 Å². The van der Waals surface area contributed by atoms with Crippen LogP contribution in [0.2, 0.25) is 0 Å². The fraction of sp³-hybridized carbons (Fsp3) is 0.385. The van der Waals surface area contributed by atoms with Crippen molar-refractivity contribution in [1.29, 1.82) is 0 Å². The molecule has 0 aliphatic carbocycles. The Morgan fingerprint density at radius 1 is 1.28 bits per heavy atom. The molecule has 0 atom stereocenters. The van der Waals surface area contributed by atoms with Gasteiger partial charge >= 0.3 is 0 Å². The Kier molecular flexibility index (Phi) is 4.44. The highest BCUT2D eigenvalue weighted by Crippen LogP contribution is 2.07. The lowest BCUT2D eigenvalue weighted by Crippen LogP contribution is -2.26. The Morgan fingerprint density at radius 3 is 2.67 bits per heavy atom. The van der Waals surface area contributed by atoms with Crippen LogP contribution in [-0.4, -0.2) is 38.1 Å². The molecule has 2 heterocycles. The summed E-state index contributed by atoms with van der Waals surface area (Å²) in [5.41, 5.74) is 2.25. The SMILES string of the molecule is Cc1ncc(CN(CCO)Cc2ccncc2)[nH]1. The van der Waals surface area contributed by atoms with Crippen molar-refractivity contribution in [3.8, 4) is 0 Å².